The molecule has 0 aliphatic heterocycles. The highest BCUT2D eigenvalue weighted by Crippen LogP contribution is 2.29. The molecule has 2 N–H and O–H groups in total. The molecule has 2 amide bonds. The van der Waals surface area contributed by atoms with Crippen molar-refractivity contribution in [1.82, 2.24) is 10.7 Å². The molecule has 0 spiro atoms. The van der Waals surface area contributed by atoms with Crippen LogP contribution in [-0.4, -0.2) is 46.3 Å². The van der Waals surface area contributed by atoms with E-state index in [0.717, 1.165) is 29.3 Å². The summed E-state index contributed by atoms with van der Waals surface area (Å²) < 4.78 is 11.7. The van der Waals surface area contributed by atoms with Gasteiger partial charge in [0.1, 0.15) is 12.6 Å². The zero-order chi connectivity index (χ0) is 33.6. The SMILES string of the molecule is CCOc1cc(C=NNC(=O)[C@@H](CSCc2ccccc2)NC(=O)c2cc([N+](=O)[O-])cc([N+](=O)[O-])c2)ccc1OCc1ccccc1. The van der Waals surface area contributed by atoms with Crippen molar-refractivity contribution in [2.75, 3.05) is 12.4 Å². The number of ether oxygens (including phenoxy) is 2. The van der Waals surface area contributed by atoms with E-state index in [2.05, 4.69) is 15.8 Å². The summed E-state index contributed by atoms with van der Waals surface area (Å²) in [7, 11) is 0. The molecule has 0 aliphatic carbocycles. The van der Waals surface area contributed by atoms with Crippen molar-refractivity contribution in [3.63, 3.8) is 0 Å². The van der Waals surface area contributed by atoms with E-state index >= 15 is 0 Å². The molecule has 13 nitrogen and oxygen atoms in total. The van der Waals surface area contributed by atoms with Gasteiger partial charge in [0.2, 0.25) is 0 Å². The summed E-state index contributed by atoms with van der Waals surface area (Å²) in [5, 5.41) is 29.2. The molecule has 0 fully saturated rings. The zero-order valence-electron chi connectivity index (χ0n) is 25.2. The van der Waals surface area contributed by atoms with Gasteiger partial charge in [-0.2, -0.15) is 16.9 Å². The molecule has 0 heterocycles. The minimum absolute atomic E-state index is 0.112. The lowest BCUT2D eigenvalue weighted by molar-refractivity contribution is -0.394. The highest BCUT2D eigenvalue weighted by atomic mass is 32.2. The zero-order valence-corrected chi connectivity index (χ0v) is 26.1. The van der Waals surface area contributed by atoms with Crippen molar-refractivity contribution in [2.45, 2.75) is 25.3 Å². The van der Waals surface area contributed by atoms with E-state index in [-0.39, 0.29) is 11.3 Å². The summed E-state index contributed by atoms with van der Waals surface area (Å²) in [5.74, 6) is 0.117. The van der Waals surface area contributed by atoms with E-state index in [9.17, 15) is 29.8 Å². The number of hydrogen-bond acceptors (Lipinski definition) is 10. The van der Waals surface area contributed by atoms with Crippen LogP contribution in [0.15, 0.2) is 102 Å². The second kappa shape index (κ2) is 17.1. The Kier molecular flexibility index (Phi) is 12.4. The van der Waals surface area contributed by atoms with Crippen LogP contribution in [0, 0.1) is 20.2 Å². The normalized spacial score (nSPS) is 11.4. The molecule has 242 valence electrons. The number of hydrazone groups is 1. The number of hydrogen-bond donors (Lipinski definition) is 2. The van der Waals surface area contributed by atoms with Crippen LogP contribution in [0.25, 0.3) is 0 Å². The second-order valence-corrected chi connectivity index (χ2v) is 11.0. The lowest BCUT2D eigenvalue weighted by Crippen LogP contribution is -2.47. The Morgan fingerprint density at radius 3 is 2.11 bits per heavy atom. The van der Waals surface area contributed by atoms with Gasteiger partial charge in [0.05, 0.1) is 34.3 Å². The van der Waals surface area contributed by atoms with Gasteiger partial charge in [-0.3, -0.25) is 29.8 Å². The van der Waals surface area contributed by atoms with E-state index in [1.165, 1.54) is 18.0 Å². The Morgan fingerprint density at radius 2 is 1.49 bits per heavy atom. The average molecular weight is 658 g/mol. The number of non-ortho nitro benzene ring substituents is 2. The lowest BCUT2D eigenvalue weighted by atomic mass is 10.1. The van der Waals surface area contributed by atoms with Gasteiger partial charge < -0.3 is 14.8 Å². The van der Waals surface area contributed by atoms with Gasteiger partial charge in [0.25, 0.3) is 23.2 Å². The number of rotatable bonds is 16. The Morgan fingerprint density at radius 1 is 0.851 bits per heavy atom. The largest absolute Gasteiger partial charge is 0.490 e. The number of nitrogens with one attached hydrogen (secondary N) is 2. The Bertz CT molecular complexity index is 1710. The molecule has 0 unspecified atom stereocenters. The topological polar surface area (TPSA) is 175 Å². The number of carbonyl (C=O) groups excluding carboxylic acids is 2. The highest BCUT2D eigenvalue weighted by molar-refractivity contribution is 7.98. The van der Waals surface area contributed by atoms with E-state index in [0.29, 0.717) is 36.0 Å². The number of benzene rings is 4. The van der Waals surface area contributed by atoms with Gasteiger partial charge in [0.15, 0.2) is 11.5 Å². The van der Waals surface area contributed by atoms with Crippen LogP contribution >= 0.6 is 11.8 Å². The van der Waals surface area contributed by atoms with Crippen molar-refractivity contribution in [3.05, 3.63) is 140 Å². The summed E-state index contributed by atoms with van der Waals surface area (Å²) in [6.07, 6.45) is 1.40. The van der Waals surface area contributed by atoms with Gasteiger partial charge in [-0.25, -0.2) is 5.43 Å². The third-order valence-corrected chi connectivity index (χ3v) is 7.60. The highest BCUT2D eigenvalue weighted by Gasteiger charge is 2.25. The molecular weight excluding hydrogens is 626 g/mol. The molecule has 4 aromatic rings. The maximum atomic E-state index is 13.2. The minimum Gasteiger partial charge on any atom is -0.490 e. The second-order valence-electron chi connectivity index (χ2n) is 9.93. The molecule has 0 bridgehead atoms. The predicted molar refractivity (Wildman–Crippen MR) is 178 cm³/mol. The van der Waals surface area contributed by atoms with Crippen LogP contribution in [0.4, 0.5) is 11.4 Å². The van der Waals surface area contributed by atoms with E-state index in [4.69, 9.17) is 9.47 Å². The van der Waals surface area contributed by atoms with E-state index in [1.807, 2.05) is 67.6 Å². The number of nitro benzene ring substituents is 2. The predicted octanol–water partition coefficient (Wildman–Crippen LogP) is 5.66. The van der Waals surface area contributed by atoms with Crippen molar-refractivity contribution in [2.24, 2.45) is 5.10 Å². The van der Waals surface area contributed by atoms with Crippen LogP contribution < -0.4 is 20.2 Å². The summed E-state index contributed by atoms with van der Waals surface area (Å²) in [4.78, 5) is 47.3. The van der Waals surface area contributed by atoms with E-state index < -0.39 is 39.1 Å². The molecule has 1 atom stereocenters. The van der Waals surface area contributed by atoms with Gasteiger partial charge in [-0.15, -0.1) is 0 Å². The van der Waals surface area contributed by atoms with Crippen LogP contribution in [0.2, 0.25) is 0 Å². The molecular formula is C33H31N5O8S. The quantitative estimate of drug-likeness (QED) is 0.0874. The number of nitrogens with zero attached hydrogens (tertiary/aromatic N) is 3. The fourth-order valence-corrected chi connectivity index (χ4v) is 5.22. The van der Waals surface area contributed by atoms with Gasteiger partial charge in [-0.05, 0) is 41.8 Å². The van der Waals surface area contributed by atoms with Gasteiger partial charge >= 0.3 is 0 Å². The molecule has 14 heteroatoms. The molecule has 0 radical (unpaired) electrons. The first-order valence-electron chi connectivity index (χ1n) is 14.4. The molecule has 0 saturated carbocycles. The van der Waals surface area contributed by atoms with Crippen molar-refractivity contribution in [3.8, 4) is 11.5 Å². The third kappa shape index (κ3) is 10.4. The first-order chi connectivity index (χ1) is 22.7. The standard InChI is InChI=1S/C33H31N5O8S/c1-2-45-31-15-25(13-14-30(31)46-20-23-9-5-3-6-10-23)19-34-36-33(40)29(22-47-21-24-11-7-4-8-12-24)35-32(39)26-16-27(37(41)42)18-28(17-26)38(43)44/h3-19,29H,2,20-22H2,1H3,(H,35,39)(H,36,40)/t29-/m1/s1. The Labute approximate surface area is 274 Å². The number of amides is 2. The van der Waals surface area contributed by atoms with Crippen LogP contribution in [0.5, 0.6) is 11.5 Å². The van der Waals surface area contributed by atoms with Crippen LogP contribution in [0.1, 0.15) is 34.0 Å². The molecule has 4 aromatic carbocycles. The average Bonchev–Trinajstić information content (AvgIpc) is 3.08. The van der Waals surface area contributed by atoms with Crippen molar-refractivity contribution < 1.29 is 28.9 Å². The summed E-state index contributed by atoms with van der Waals surface area (Å²) >= 11 is 1.36. The van der Waals surface area contributed by atoms with Crippen LogP contribution in [0.3, 0.4) is 0 Å². The van der Waals surface area contributed by atoms with Crippen LogP contribution in [-0.2, 0) is 17.2 Å². The number of carbonyl (C=O) groups is 2. The molecule has 0 saturated heterocycles. The Balaban J connectivity index is 1.47. The fourth-order valence-electron chi connectivity index (χ4n) is 4.21. The first kappa shape index (κ1) is 34.1. The summed E-state index contributed by atoms with van der Waals surface area (Å²) in [5.41, 5.74) is 3.42. The maximum absolute atomic E-state index is 13.2. The maximum Gasteiger partial charge on any atom is 0.277 e. The molecule has 0 aliphatic rings. The van der Waals surface area contributed by atoms with Crippen molar-refractivity contribution >= 4 is 41.2 Å². The summed E-state index contributed by atoms with van der Waals surface area (Å²) in [6.45, 7) is 2.59. The minimum atomic E-state index is -1.14. The monoisotopic (exact) mass is 657 g/mol. The van der Waals surface area contributed by atoms with Gasteiger partial charge in [-0.1, -0.05) is 60.7 Å². The molecule has 47 heavy (non-hydrogen) atoms. The molecule has 4 rings (SSSR count). The van der Waals surface area contributed by atoms with Gasteiger partial charge in [0, 0.05) is 23.6 Å². The first-order valence-corrected chi connectivity index (χ1v) is 15.5. The molecule has 0 aromatic heterocycles. The van der Waals surface area contributed by atoms with E-state index in [1.54, 1.807) is 18.2 Å². The third-order valence-electron chi connectivity index (χ3n) is 6.50. The smallest absolute Gasteiger partial charge is 0.277 e. The summed E-state index contributed by atoms with van der Waals surface area (Å²) in [6, 6.07) is 25.8. The number of thioether (sulfide) groups is 1. The Hall–Kier alpha value is -5.76. The fraction of sp³-hybridized carbons (Fsp3) is 0.182. The van der Waals surface area contributed by atoms with Crippen molar-refractivity contribution in [1.29, 1.82) is 0 Å². The number of nitro groups is 2. The lowest BCUT2D eigenvalue weighted by Gasteiger charge is -2.17.